The number of hydrogen-bond donors (Lipinski definition) is 1. The first kappa shape index (κ1) is 16.7. The molecule has 7 heteroatoms. The number of sulfonamides is 1. The van der Waals surface area contributed by atoms with Crippen LogP contribution in [0.15, 0.2) is 0 Å². The summed E-state index contributed by atoms with van der Waals surface area (Å²) in [7, 11) is -3.11. The molecule has 0 bridgehead atoms. The van der Waals surface area contributed by atoms with Crippen LogP contribution in [-0.2, 0) is 14.8 Å². The molecular weight excluding hydrogens is 288 g/mol. The highest BCUT2D eigenvalue weighted by molar-refractivity contribution is 7.89. The lowest BCUT2D eigenvalue weighted by Gasteiger charge is -2.33. The fourth-order valence-electron chi connectivity index (χ4n) is 1.90. The predicted molar refractivity (Wildman–Crippen MR) is 76.7 cm³/mol. The molecule has 5 nitrogen and oxygen atoms in total. The van der Waals surface area contributed by atoms with Crippen molar-refractivity contribution < 1.29 is 13.2 Å². The van der Waals surface area contributed by atoms with Gasteiger partial charge in [0.2, 0.25) is 15.9 Å². The first-order valence-electron chi connectivity index (χ1n) is 6.57. The Kier molecular flexibility index (Phi) is 5.65. The zero-order valence-electron chi connectivity index (χ0n) is 11.8. The van der Waals surface area contributed by atoms with E-state index in [-0.39, 0.29) is 23.6 Å². The largest absolute Gasteiger partial charge is 0.353 e. The number of amides is 1. The molecule has 19 heavy (non-hydrogen) atoms. The third-order valence-electron chi connectivity index (χ3n) is 3.50. The van der Waals surface area contributed by atoms with Crippen LogP contribution in [-0.4, -0.2) is 49.4 Å². The third-order valence-corrected chi connectivity index (χ3v) is 6.05. The van der Waals surface area contributed by atoms with Gasteiger partial charge in [-0.25, -0.2) is 12.7 Å². The van der Waals surface area contributed by atoms with Crippen LogP contribution in [0.2, 0.25) is 0 Å². The van der Waals surface area contributed by atoms with Crippen LogP contribution in [0.25, 0.3) is 0 Å². The van der Waals surface area contributed by atoms with Crippen molar-refractivity contribution in [2.75, 3.05) is 24.7 Å². The van der Waals surface area contributed by atoms with Gasteiger partial charge in [-0.1, -0.05) is 0 Å². The van der Waals surface area contributed by atoms with Gasteiger partial charge in [0.15, 0.2) is 0 Å². The van der Waals surface area contributed by atoms with Crippen LogP contribution in [0.3, 0.4) is 0 Å². The molecule has 0 aromatic rings. The molecule has 0 spiro atoms. The molecule has 0 aromatic heterocycles. The lowest BCUT2D eigenvalue weighted by molar-refractivity contribution is -0.129. The van der Waals surface area contributed by atoms with Crippen molar-refractivity contribution in [1.29, 1.82) is 0 Å². The number of hydrogen-bond acceptors (Lipinski definition) is 3. The van der Waals surface area contributed by atoms with Gasteiger partial charge >= 0.3 is 0 Å². The fourth-order valence-corrected chi connectivity index (χ4v) is 3.16. The van der Waals surface area contributed by atoms with Crippen molar-refractivity contribution in [3.8, 4) is 0 Å². The second-order valence-electron chi connectivity index (χ2n) is 5.56. The number of piperidine rings is 1. The van der Waals surface area contributed by atoms with Crippen LogP contribution in [0.1, 0.15) is 33.6 Å². The van der Waals surface area contributed by atoms with Crippen LogP contribution in [0.4, 0.5) is 0 Å². The molecule has 1 saturated heterocycles. The summed E-state index contributed by atoms with van der Waals surface area (Å²) in [4.78, 5) is 12.0. The van der Waals surface area contributed by atoms with Gasteiger partial charge in [-0.05, 0) is 33.6 Å². The summed E-state index contributed by atoms with van der Waals surface area (Å²) < 4.78 is 24.9. The van der Waals surface area contributed by atoms with E-state index in [9.17, 15) is 13.2 Å². The molecule has 0 saturated carbocycles. The third kappa shape index (κ3) is 4.33. The van der Waals surface area contributed by atoms with Crippen LogP contribution < -0.4 is 5.32 Å². The van der Waals surface area contributed by atoms with E-state index in [1.807, 2.05) is 0 Å². The minimum atomic E-state index is -3.11. The number of rotatable bonds is 5. The van der Waals surface area contributed by atoms with Gasteiger partial charge < -0.3 is 5.32 Å². The molecule has 1 heterocycles. The molecule has 112 valence electrons. The number of carbonyl (C=O) groups excluding carboxylic acids is 1. The molecule has 1 N–H and O–H groups in total. The van der Waals surface area contributed by atoms with Crippen LogP contribution in [0.5, 0.6) is 0 Å². The van der Waals surface area contributed by atoms with Gasteiger partial charge in [-0.2, -0.15) is 0 Å². The standard InChI is InChI=1S/C12H23ClN2O3S/c1-4-19(17,18)15-7-5-10(6-8-15)14-11(16)12(2,3)9-13/h10H,4-9H2,1-3H3,(H,14,16). The summed E-state index contributed by atoms with van der Waals surface area (Å²) in [5.41, 5.74) is -0.589. The maximum absolute atomic E-state index is 12.0. The first-order valence-corrected chi connectivity index (χ1v) is 8.72. The summed E-state index contributed by atoms with van der Waals surface area (Å²) in [6, 6.07) is 0.0401. The summed E-state index contributed by atoms with van der Waals surface area (Å²) in [5, 5.41) is 2.96. The second-order valence-corrected chi connectivity index (χ2v) is 8.09. The first-order chi connectivity index (χ1) is 8.73. The average molecular weight is 311 g/mol. The summed E-state index contributed by atoms with van der Waals surface area (Å²) >= 11 is 5.76. The maximum Gasteiger partial charge on any atom is 0.227 e. The molecule has 0 aromatic carbocycles. The fraction of sp³-hybridized carbons (Fsp3) is 0.917. The van der Waals surface area contributed by atoms with Crippen molar-refractivity contribution in [3.63, 3.8) is 0 Å². The highest BCUT2D eigenvalue weighted by atomic mass is 35.5. The van der Waals surface area contributed by atoms with Crippen molar-refractivity contribution in [1.82, 2.24) is 9.62 Å². The van der Waals surface area contributed by atoms with E-state index in [0.717, 1.165) is 0 Å². The van der Waals surface area contributed by atoms with Gasteiger partial charge in [0.25, 0.3) is 0 Å². The highest BCUT2D eigenvalue weighted by Gasteiger charge is 2.31. The summed E-state index contributed by atoms with van der Waals surface area (Å²) in [5.74, 6) is 0.324. The van der Waals surface area contributed by atoms with Gasteiger partial charge in [0, 0.05) is 25.0 Å². The molecule has 0 atom stereocenters. The second kappa shape index (κ2) is 6.41. The van der Waals surface area contributed by atoms with E-state index >= 15 is 0 Å². The lowest BCUT2D eigenvalue weighted by Crippen LogP contribution is -2.50. The molecule has 1 aliphatic heterocycles. The Morgan fingerprint density at radius 2 is 1.89 bits per heavy atom. The van der Waals surface area contributed by atoms with Gasteiger partial charge in [0.1, 0.15) is 0 Å². The monoisotopic (exact) mass is 310 g/mol. The molecule has 0 radical (unpaired) electrons. The van der Waals surface area contributed by atoms with Crippen molar-refractivity contribution in [3.05, 3.63) is 0 Å². The zero-order valence-corrected chi connectivity index (χ0v) is 13.4. The normalized spacial score (nSPS) is 19.4. The Hall–Kier alpha value is -0.330. The van der Waals surface area contributed by atoms with Gasteiger partial charge in [-0.15, -0.1) is 11.6 Å². The minimum absolute atomic E-state index is 0.0401. The average Bonchev–Trinajstić information content (AvgIpc) is 2.39. The maximum atomic E-state index is 12.0. The predicted octanol–water partition coefficient (Wildman–Crippen LogP) is 1.18. The number of nitrogens with zero attached hydrogens (tertiary/aromatic N) is 1. The van der Waals surface area contributed by atoms with Crippen molar-refractivity contribution in [2.45, 2.75) is 39.7 Å². The summed E-state index contributed by atoms with van der Waals surface area (Å²) in [6.45, 7) is 6.19. The van der Waals surface area contributed by atoms with E-state index in [2.05, 4.69) is 5.32 Å². The molecule has 1 amide bonds. The SMILES string of the molecule is CCS(=O)(=O)N1CCC(NC(=O)C(C)(C)CCl)CC1. The zero-order chi connectivity index (χ0) is 14.7. The molecule has 1 fully saturated rings. The van der Waals surface area contributed by atoms with Crippen molar-refractivity contribution >= 4 is 27.5 Å². The van der Waals surface area contributed by atoms with E-state index in [1.54, 1.807) is 20.8 Å². The Labute approximate surface area is 120 Å². The van der Waals surface area contributed by atoms with Gasteiger partial charge in [-0.3, -0.25) is 4.79 Å². The Bertz CT molecular complexity index is 415. The van der Waals surface area contributed by atoms with Crippen LogP contribution >= 0.6 is 11.6 Å². The van der Waals surface area contributed by atoms with E-state index in [0.29, 0.717) is 25.9 Å². The number of alkyl halides is 1. The Balaban J connectivity index is 2.50. The number of carbonyl (C=O) groups is 1. The Morgan fingerprint density at radius 3 is 2.32 bits per heavy atom. The molecule has 1 aliphatic rings. The molecular formula is C12H23ClN2O3S. The smallest absolute Gasteiger partial charge is 0.227 e. The van der Waals surface area contributed by atoms with Crippen molar-refractivity contribution in [2.24, 2.45) is 5.41 Å². The molecule has 0 aliphatic carbocycles. The number of halogens is 1. The minimum Gasteiger partial charge on any atom is -0.353 e. The van der Waals surface area contributed by atoms with Gasteiger partial charge in [0.05, 0.1) is 11.2 Å². The Morgan fingerprint density at radius 1 is 1.37 bits per heavy atom. The molecule has 0 unspecified atom stereocenters. The number of nitrogens with one attached hydrogen (secondary N) is 1. The summed E-state index contributed by atoms with van der Waals surface area (Å²) in [6.07, 6.45) is 1.31. The van der Waals surface area contributed by atoms with E-state index < -0.39 is 15.4 Å². The van der Waals surface area contributed by atoms with Crippen LogP contribution in [0, 0.1) is 5.41 Å². The van der Waals surface area contributed by atoms with E-state index in [1.165, 1.54) is 4.31 Å². The topological polar surface area (TPSA) is 66.5 Å². The highest BCUT2D eigenvalue weighted by Crippen LogP contribution is 2.20. The van der Waals surface area contributed by atoms with E-state index in [4.69, 9.17) is 11.6 Å². The molecule has 1 rings (SSSR count). The lowest BCUT2D eigenvalue weighted by atomic mass is 9.94. The quantitative estimate of drug-likeness (QED) is 0.776.